The average molecular weight is 397 g/mol. The predicted molar refractivity (Wildman–Crippen MR) is 61.7 cm³/mol. The van der Waals surface area contributed by atoms with Crippen LogP contribution in [0.3, 0.4) is 0 Å². The first-order chi connectivity index (χ1) is 7.40. The van der Waals surface area contributed by atoms with Crippen molar-refractivity contribution >= 4 is 0 Å². The third kappa shape index (κ3) is 3.56. The summed E-state index contributed by atoms with van der Waals surface area (Å²) in [5, 5.41) is 0. The molecule has 0 radical (unpaired) electrons. The second-order valence-electron chi connectivity index (χ2n) is 4.18. The van der Waals surface area contributed by atoms with Crippen molar-refractivity contribution in [3.8, 4) is 0 Å². The fraction of sp³-hybridized carbons (Fsp3) is 0.500. The van der Waals surface area contributed by atoms with Gasteiger partial charge < -0.3 is 0 Å². The molecular weight excluding hydrogens is 379 g/mol. The Morgan fingerprint density at radius 1 is 1.38 bits per heavy atom. The van der Waals surface area contributed by atoms with Crippen molar-refractivity contribution in [3.63, 3.8) is 0 Å². The van der Waals surface area contributed by atoms with Crippen LogP contribution in [0.5, 0.6) is 0 Å². The normalized spacial score (nSPS) is 13.8. The van der Waals surface area contributed by atoms with Crippen LogP contribution in [-0.4, -0.2) is 0 Å². The van der Waals surface area contributed by atoms with Gasteiger partial charge in [0, 0.05) is 27.5 Å². The van der Waals surface area contributed by atoms with Crippen LogP contribution in [0.4, 0.5) is 0 Å². The summed E-state index contributed by atoms with van der Waals surface area (Å²) in [6, 6.07) is 3.42. The maximum atomic E-state index is 5.58. The van der Waals surface area contributed by atoms with Gasteiger partial charge in [0.1, 0.15) is 0 Å². The molecular formula is C14H18OPt. The summed E-state index contributed by atoms with van der Waals surface area (Å²) >= 11 is 0. The quantitative estimate of drug-likeness (QED) is 0.326. The number of aryl methyl sites for hydroxylation is 3. The Kier molecular flexibility index (Phi) is 5.98. The molecule has 0 saturated carbocycles. The topological polar surface area (TPSA) is 11.3 Å². The van der Waals surface area contributed by atoms with Gasteiger partial charge >= 0.3 is 0 Å². The summed E-state index contributed by atoms with van der Waals surface area (Å²) in [6.07, 6.45) is 12.0. The van der Waals surface area contributed by atoms with Crippen LogP contribution in [0.1, 0.15) is 42.6 Å². The fourth-order valence-corrected chi connectivity index (χ4v) is 2.07. The Morgan fingerprint density at radius 2 is 2.19 bits per heavy atom. The first-order valence-electron chi connectivity index (χ1n) is 5.86. The summed E-state index contributed by atoms with van der Waals surface area (Å²) in [7, 11) is 0. The van der Waals surface area contributed by atoms with E-state index in [1.165, 1.54) is 36.8 Å². The summed E-state index contributed by atoms with van der Waals surface area (Å²) in [4.78, 5) is 0. The van der Waals surface area contributed by atoms with Gasteiger partial charge in [-0.2, -0.15) is 5.56 Å². The minimum absolute atomic E-state index is 0. The molecule has 0 fully saturated rings. The van der Waals surface area contributed by atoms with Crippen molar-refractivity contribution in [2.45, 2.75) is 44.9 Å². The molecule has 16 heavy (non-hydrogen) atoms. The third-order valence-electron chi connectivity index (χ3n) is 2.96. The Morgan fingerprint density at radius 3 is 3.00 bits per heavy atom. The van der Waals surface area contributed by atoms with Crippen LogP contribution in [0, 0.1) is 6.07 Å². The molecule has 0 aromatic carbocycles. The molecule has 1 aliphatic carbocycles. The largest absolute Gasteiger partial charge is 0.261 e. The SMILES string of the molecule is C=CCCCc1[c-]c2c(c[o+]1)CCCC2.[Pt]. The van der Waals surface area contributed by atoms with Crippen molar-refractivity contribution in [2.75, 3.05) is 0 Å². The third-order valence-corrected chi connectivity index (χ3v) is 2.96. The van der Waals surface area contributed by atoms with E-state index >= 15 is 0 Å². The van der Waals surface area contributed by atoms with E-state index in [0.717, 1.165) is 25.0 Å². The number of hydrogen-bond acceptors (Lipinski definition) is 0. The summed E-state index contributed by atoms with van der Waals surface area (Å²) in [5.41, 5.74) is 2.76. The smallest absolute Gasteiger partial charge is 0.243 e. The van der Waals surface area contributed by atoms with E-state index in [1.54, 1.807) is 0 Å². The van der Waals surface area contributed by atoms with Crippen LogP contribution in [0.2, 0.25) is 0 Å². The minimum Gasteiger partial charge on any atom is -0.261 e. The summed E-state index contributed by atoms with van der Waals surface area (Å²) in [6.45, 7) is 3.72. The standard InChI is InChI=1S/C14H18O.Pt/c1-2-3-4-9-14-10-12-7-5-6-8-13(12)11-15-14;/h2,11H,1,3-9H2;. The molecule has 1 aliphatic rings. The molecule has 0 amide bonds. The first kappa shape index (κ1) is 13.6. The molecule has 1 heterocycles. The van der Waals surface area contributed by atoms with Gasteiger partial charge in [0.25, 0.3) is 0 Å². The van der Waals surface area contributed by atoms with Gasteiger partial charge in [-0.25, -0.2) is 0 Å². The average Bonchev–Trinajstić information content (AvgIpc) is 2.29. The second kappa shape index (κ2) is 7.01. The van der Waals surface area contributed by atoms with Crippen LogP contribution in [0.15, 0.2) is 23.3 Å². The molecule has 2 heteroatoms. The van der Waals surface area contributed by atoms with Gasteiger partial charge in [0.15, 0.2) is 0 Å². The molecule has 1 aromatic rings. The maximum absolute atomic E-state index is 5.58. The molecule has 0 atom stereocenters. The van der Waals surface area contributed by atoms with Gasteiger partial charge in [0.05, 0.1) is 0 Å². The van der Waals surface area contributed by atoms with Crippen molar-refractivity contribution in [1.29, 1.82) is 0 Å². The van der Waals surface area contributed by atoms with Gasteiger partial charge in [-0.05, 0) is 12.8 Å². The van der Waals surface area contributed by atoms with E-state index in [-0.39, 0.29) is 21.1 Å². The maximum Gasteiger partial charge on any atom is 0.243 e. The Balaban J connectivity index is 0.00000128. The van der Waals surface area contributed by atoms with Gasteiger partial charge in [-0.3, -0.25) is 4.42 Å². The first-order valence-corrected chi connectivity index (χ1v) is 5.86. The van der Waals surface area contributed by atoms with Gasteiger partial charge in [0.2, 0.25) is 12.0 Å². The molecule has 1 nitrogen and oxygen atoms in total. The van der Waals surface area contributed by atoms with Crippen molar-refractivity contribution in [1.82, 2.24) is 0 Å². The molecule has 0 spiro atoms. The molecule has 90 valence electrons. The number of unbranched alkanes of at least 4 members (excludes halogenated alkanes) is 1. The van der Waals surface area contributed by atoms with Crippen molar-refractivity contribution in [2.24, 2.45) is 0 Å². The number of rotatable bonds is 4. The van der Waals surface area contributed by atoms with Gasteiger partial charge in [-0.1, -0.05) is 37.3 Å². The minimum atomic E-state index is 0. The van der Waals surface area contributed by atoms with Crippen molar-refractivity contribution < 1.29 is 25.5 Å². The zero-order valence-corrected chi connectivity index (χ0v) is 11.8. The second-order valence-corrected chi connectivity index (χ2v) is 4.18. The molecule has 0 saturated heterocycles. The molecule has 0 aliphatic heterocycles. The Bertz CT molecular complexity index is 347. The van der Waals surface area contributed by atoms with Crippen LogP contribution < -0.4 is 0 Å². The monoisotopic (exact) mass is 397 g/mol. The molecule has 0 bridgehead atoms. The summed E-state index contributed by atoms with van der Waals surface area (Å²) < 4.78 is 5.58. The van der Waals surface area contributed by atoms with Crippen LogP contribution >= 0.6 is 0 Å². The van der Waals surface area contributed by atoms with E-state index in [9.17, 15) is 0 Å². The molecule has 0 unspecified atom stereocenters. The summed E-state index contributed by atoms with van der Waals surface area (Å²) in [5.74, 6) is 1.01. The fourth-order valence-electron chi connectivity index (χ4n) is 2.07. The van der Waals surface area contributed by atoms with E-state index in [0.29, 0.717) is 0 Å². The number of fused-ring (bicyclic) bond motifs is 1. The van der Waals surface area contributed by atoms with E-state index < -0.39 is 0 Å². The Hall–Kier alpha value is -0.422. The zero-order chi connectivity index (χ0) is 10.5. The van der Waals surface area contributed by atoms with E-state index in [2.05, 4.69) is 12.6 Å². The molecule has 1 aromatic heterocycles. The number of allylic oxidation sites excluding steroid dienone is 1. The molecule has 2 rings (SSSR count). The van der Waals surface area contributed by atoms with Crippen LogP contribution in [0.25, 0.3) is 0 Å². The Labute approximate surface area is 112 Å². The predicted octanol–water partition coefficient (Wildman–Crippen LogP) is 3.75. The zero-order valence-electron chi connectivity index (χ0n) is 9.54. The van der Waals surface area contributed by atoms with Crippen LogP contribution in [-0.2, 0) is 40.3 Å². The van der Waals surface area contributed by atoms with E-state index in [4.69, 9.17) is 4.42 Å². The van der Waals surface area contributed by atoms with Crippen molar-refractivity contribution in [3.05, 3.63) is 41.9 Å². The number of hydrogen-bond donors (Lipinski definition) is 0. The van der Waals surface area contributed by atoms with E-state index in [1.807, 2.05) is 12.3 Å². The van der Waals surface area contributed by atoms with Gasteiger partial charge in [-0.15, -0.1) is 12.6 Å². The molecule has 0 N–H and O–H groups in total.